The van der Waals surface area contributed by atoms with Crippen molar-refractivity contribution < 1.29 is 9.53 Å². The normalized spacial score (nSPS) is 12.4. The number of nitrogens with one attached hydrogen (secondary N) is 1. The maximum absolute atomic E-state index is 11.3. The van der Waals surface area contributed by atoms with E-state index in [1.54, 1.807) is 7.11 Å². The van der Waals surface area contributed by atoms with Crippen molar-refractivity contribution in [3.05, 3.63) is 11.1 Å². The summed E-state index contributed by atoms with van der Waals surface area (Å²) in [5.41, 5.74) is 0. The van der Waals surface area contributed by atoms with E-state index in [0.717, 1.165) is 11.5 Å². The molecule has 0 radical (unpaired) electrons. The van der Waals surface area contributed by atoms with Crippen LogP contribution in [0.5, 0.6) is 0 Å². The fraction of sp³-hybridized carbons (Fsp3) is 0.571. The highest BCUT2D eigenvalue weighted by atomic mass is 35.5. The molecule has 7 heteroatoms. The summed E-state index contributed by atoms with van der Waals surface area (Å²) >= 11 is 6.87. The van der Waals surface area contributed by atoms with E-state index in [0.29, 0.717) is 18.0 Å². The van der Waals surface area contributed by atoms with Gasteiger partial charge in [0.05, 0.1) is 18.2 Å². The summed E-state index contributed by atoms with van der Waals surface area (Å²) < 4.78 is 8.40. The molecule has 1 rings (SSSR count). The fourth-order valence-electron chi connectivity index (χ4n) is 0.798. The Balaban J connectivity index is 2.28. The van der Waals surface area contributed by atoms with Crippen molar-refractivity contribution in [1.29, 1.82) is 0 Å². The van der Waals surface area contributed by atoms with Gasteiger partial charge in [-0.15, -0.1) is 16.7 Å². The van der Waals surface area contributed by atoms with E-state index < -0.39 is 0 Å². The van der Waals surface area contributed by atoms with Gasteiger partial charge in [0.25, 0.3) is 5.91 Å². The van der Waals surface area contributed by atoms with Gasteiger partial charge >= 0.3 is 0 Å². The van der Waals surface area contributed by atoms with Gasteiger partial charge in [0, 0.05) is 13.7 Å². The van der Waals surface area contributed by atoms with Crippen LogP contribution in [0.3, 0.4) is 0 Å². The Labute approximate surface area is 90.6 Å². The Hall–Kier alpha value is -0.720. The number of nitrogens with zero attached hydrogens (tertiary/aromatic N) is 2. The van der Waals surface area contributed by atoms with E-state index in [-0.39, 0.29) is 11.3 Å². The van der Waals surface area contributed by atoms with Crippen LogP contribution in [0.15, 0.2) is 6.20 Å². The number of hydrogen-bond acceptors (Lipinski definition) is 5. The van der Waals surface area contributed by atoms with Crippen LogP contribution in [0, 0.1) is 0 Å². The summed E-state index contributed by atoms with van der Waals surface area (Å²) in [6.45, 7) is 0.773. The van der Waals surface area contributed by atoms with Crippen molar-refractivity contribution in [2.75, 3.05) is 20.3 Å². The minimum absolute atomic E-state index is 0.207. The molecule has 1 unspecified atom stereocenters. The summed E-state index contributed by atoms with van der Waals surface area (Å²) in [4.78, 5) is 11.8. The third-order valence-electron chi connectivity index (χ3n) is 1.42. The average Bonchev–Trinajstić information content (AvgIpc) is 2.67. The van der Waals surface area contributed by atoms with Crippen LogP contribution in [-0.4, -0.2) is 41.1 Å². The SMILES string of the molecule is COCC(Cl)CNC(=O)c1cnns1. The summed E-state index contributed by atoms with van der Waals surface area (Å²) in [6, 6.07) is 0. The lowest BCUT2D eigenvalue weighted by molar-refractivity contribution is 0.0953. The van der Waals surface area contributed by atoms with Crippen LogP contribution in [0.25, 0.3) is 0 Å². The molecule has 0 aromatic carbocycles. The van der Waals surface area contributed by atoms with Crippen molar-refractivity contribution in [2.45, 2.75) is 5.38 Å². The Kier molecular flexibility index (Phi) is 4.78. The zero-order chi connectivity index (χ0) is 10.4. The monoisotopic (exact) mass is 235 g/mol. The van der Waals surface area contributed by atoms with Gasteiger partial charge in [0.1, 0.15) is 4.88 Å². The molecule has 5 nitrogen and oxygen atoms in total. The average molecular weight is 236 g/mol. The first-order chi connectivity index (χ1) is 6.74. The minimum atomic E-state index is -0.218. The first kappa shape index (κ1) is 11.4. The number of aromatic nitrogens is 2. The molecule has 0 aliphatic carbocycles. The van der Waals surface area contributed by atoms with Crippen molar-refractivity contribution in [3.8, 4) is 0 Å². The molecule has 1 amide bonds. The first-order valence-corrected chi connectivity index (χ1v) is 5.13. The van der Waals surface area contributed by atoms with Crippen molar-refractivity contribution in [1.82, 2.24) is 14.9 Å². The van der Waals surface area contributed by atoms with Gasteiger partial charge in [-0.3, -0.25) is 4.79 Å². The maximum atomic E-state index is 11.3. The zero-order valence-corrected chi connectivity index (χ0v) is 9.14. The third kappa shape index (κ3) is 3.57. The lowest BCUT2D eigenvalue weighted by Crippen LogP contribution is -2.31. The summed E-state index contributed by atoms with van der Waals surface area (Å²) in [6.07, 6.45) is 1.42. The van der Waals surface area contributed by atoms with E-state index in [2.05, 4.69) is 14.9 Å². The van der Waals surface area contributed by atoms with Crippen LogP contribution in [0.4, 0.5) is 0 Å². The molecule has 1 aromatic heterocycles. The Morgan fingerprint density at radius 2 is 2.64 bits per heavy atom. The second-order valence-corrected chi connectivity index (χ2v) is 3.95. The molecule has 1 aromatic rings. The highest BCUT2D eigenvalue weighted by Gasteiger charge is 2.10. The number of rotatable bonds is 5. The Morgan fingerprint density at radius 1 is 1.86 bits per heavy atom. The summed E-state index contributed by atoms with van der Waals surface area (Å²) in [5, 5.41) is 5.99. The smallest absolute Gasteiger partial charge is 0.264 e. The molecular formula is C7H10ClN3O2S. The van der Waals surface area contributed by atoms with E-state index in [9.17, 15) is 4.79 Å². The molecule has 14 heavy (non-hydrogen) atoms. The molecule has 0 aliphatic rings. The number of alkyl halides is 1. The summed E-state index contributed by atoms with van der Waals surface area (Å²) in [5.74, 6) is -0.207. The number of amides is 1. The molecule has 0 spiro atoms. The van der Waals surface area contributed by atoms with Crippen molar-refractivity contribution in [3.63, 3.8) is 0 Å². The van der Waals surface area contributed by atoms with Gasteiger partial charge in [0.2, 0.25) is 0 Å². The minimum Gasteiger partial charge on any atom is -0.383 e. The maximum Gasteiger partial charge on any atom is 0.264 e. The van der Waals surface area contributed by atoms with E-state index in [1.807, 2.05) is 0 Å². The van der Waals surface area contributed by atoms with Gasteiger partial charge in [0.15, 0.2) is 0 Å². The van der Waals surface area contributed by atoms with Crippen LogP contribution >= 0.6 is 23.1 Å². The van der Waals surface area contributed by atoms with Gasteiger partial charge in [-0.05, 0) is 11.5 Å². The van der Waals surface area contributed by atoms with Crippen LogP contribution in [-0.2, 0) is 4.74 Å². The molecule has 0 aliphatic heterocycles. The lowest BCUT2D eigenvalue weighted by atomic mass is 10.4. The van der Waals surface area contributed by atoms with Gasteiger partial charge in [-0.2, -0.15) is 0 Å². The Bertz CT molecular complexity index is 280. The lowest BCUT2D eigenvalue weighted by Gasteiger charge is -2.08. The van der Waals surface area contributed by atoms with Crippen LogP contribution < -0.4 is 5.32 Å². The summed E-state index contributed by atoms with van der Waals surface area (Å²) in [7, 11) is 1.56. The molecule has 0 fully saturated rings. The molecule has 0 saturated carbocycles. The zero-order valence-electron chi connectivity index (χ0n) is 7.57. The second kappa shape index (κ2) is 5.90. The fourth-order valence-corrected chi connectivity index (χ4v) is 1.43. The molecule has 1 atom stereocenters. The molecular weight excluding hydrogens is 226 g/mol. The van der Waals surface area contributed by atoms with Gasteiger partial charge in [-0.25, -0.2) is 0 Å². The quantitative estimate of drug-likeness (QED) is 0.756. The van der Waals surface area contributed by atoms with E-state index >= 15 is 0 Å². The first-order valence-electron chi connectivity index (χ1n) is 3.92. The highest BCUT2D eigenvalue weighted by molar-refractivity contribution is 7.07. The van der Waals surface area contributed by atoms with E-state index in [1.165, 1.54) is 6.20 Å². The predicted octanol–water partition coefficient (Wildman–Crippen LogP) is 0.522. The number of carbonyl (C=O) groups excluding carboxylic acids is 1. The van der Waals surface area contributed by atoms with Crippen molar-refractivity contribution >= 4 is 29.0 Å². The molecule has 0 saturated heterocycles. The number of methoxy groups -OCH3 is 1. The third-order valence-corrected chi connectivity index (χ3v) is 2.36. The largest absolute Gasteiger partial charge is 0.383 e. The Morgan fingerprint density at radius 3 is 3.21 bits per heavy atom. The van der Waals surface area contributed by atoms with Crippen LogP contribution in [0.1, 0.15) is 9.67 Å². The number of hydrogen-bond donors (Lipinski definition) is 1. The second-order valence-electron chi connectivity index (χ2n) is 2.54. The number of carbonyl (C=O) groups is 1. The van der Waals surface area contributed by atoms with Gasteiger partial charge < -0.3 is 10.1 Å². The molecule has 1 N–H and O–H groups in total. The van der Waals surface area contributed by atoms with Crippen LogP contribution in [0.2, 0.25) is 0 Å². The number of ether oxygens (including phenoxy) is 1. The molecule has 0 bridgehead atoms. The van der Waals surface area contributed by atoms with Gasteiger partial charge in [-0.1, -0.05) is 4.49 Å². The van der Waals surface area contributed by atoms with Crippen molar-refractivity contribution in [2.24, 2.45) is 0 Å². The number of halogens is 1. The molecule has 1 heterocycles. The highest BCUT2D eigenvalue weighted by Crippen LogP contribution is 2.01. The topological polar surface area (TPSA) is 64.1 Å². The standard InChI is InChI=1S/C7H10ClN3O2S/c1-13-4-5(8)2-9-7(12)6-3-10-11-14-6/h3,5H,2,4H2,1H3,(H,9,12). The van der Waals surface area contributed by atoms with E-state index in [4.69, 9.17) is 16.3 Å². The predicted molar refractivity (Wildman–Crippen MR) is 53.8 cm³/mol. The molecule has 78 valence electrons.